The molecular weight excluding hydrogens is 384 g/mol. The van der Waals surface area contributed by atoms with Crippen LogP contribution in [0, 0.1) is 0 Å². The van der Waals surface area contributed by atoms with Crippen molar-refractivity contribution in [1.29, 1.82) is 0 Å². The molecule has 0 unspecified atom stereocenters. The quantitative estimate of drug-likeness (QED) is 0.182. The summed E-state index contributed by atoms with van der Waals surface area (Å²) in [6.45, 7) is 5.06. The van der Waals surface area contributed by atoms with E-state index in [0.717, 1.165) is 25.7 Å². The average Bonchev–Trinajstić information content (AvgIpc) is 2.76. The molecule has 0 amide bonds. The molecule has 0 aliphatic heterocycles. The molecule has 0 aliphatic rings. The Morgan fingerprint density at radius 1 is 0.600 bits per heavy atom. The molecule has 0 spiro atoms. The van der Waals surface area contributed by atoms with Gasteiger partial charge in [0.1, 0.15) is 24.4 Å². The summed E-state index contributed by atoms with van der Waals surface area (Å²) in [5.41, 5.74) is 0. The van der Waals surface area contributed by atoms with Crippen LogP contribution in [0.2, 0.25) is 0 Å². The number of hydrogen-bond acceptors (Lipinski definition) is 6. The van der Waals surface area contributed by atoms with E-state index in [-0.39, 0.29) is 6.61 Å². The molecule has 6 nitrogen and oxygen atoms in total. The van der Waals surface area contributed by atoms with Gasteiger partial charge in [-0.2, -0.15) is 0 Å². The summed E-state index contributed by atoms with van der Waals surface area (Å²) < 4.78 is 11.5. The van der Waals surface area contributed by atoms with Gasteiger partial charge < -0.3 is 29.9 Å². The molecule has 4 N–H and O–H groups in total. The molecule has 4 atom stereocenters. The molecule has 0 radical (unpaired) electrons. The molecular formula is C24H50O6. The standard InChI is InChI=1S/C24H50O6/c1-3-5-7-9-11-13-15-17-29-20-22(24(28)23(27)21(26)19-25)30-18-16-14-12-10-8-6-4-2/h21-28H,3-20H2,1-2H3/t21-,22+,23+,24+/m0/s1. The first kappa shape index (κ1) is 29.8. The van der Waals surface area contributed by atoms with E-state index < -0.39 is 31.0 Å². The fourth-order valence-electron chi connectivity index (χ4n) is 3.46. The zero-order valence-corrected chi connectivity index (χ0v) is 19.6. The lowest BCUT2D eigenvalue weighted by molar-refractivity contribution is -0.147. The molecule has 0 aromatic rings. The summed E-state index contributed by atoms with van der Waals surface area (Å²) in [6, 6.07) is 0. The first-order chi connectivity index (χ1) is 14.6. The Labute approximate surface area is 185 Å². The van der Waals surface area contributed by atoms with Crippen LogP contribution in [-0.2, 0) is 9.47 Å². The third-order valence-electron chi connectivity index (χ3n) is 5.57. The molecule has 30 heavy (non-hydrogen) atoms. The lowest BCUT2D eigenvalue weighted by Gasteiger charge is -2.29. The van der Waals surface area contributed by atoms with Gasteiger partial charge in [-0.15, -0.1) is 0 Å². The van der Waals surface area contributed by atoms with Crippen molar-refractivity contribution >= 4 is 0 Å². The van der Waals surface area contributed by atoms with E-state index in [1.54, 1.807) is 0 Å². The first-order valence-corrected chi connectivity index (χ1v) is 12.4. The summed E-state index contributed by atoms with van der Waals surface area (Å²) in [7, 11) is 0. The van der Waals surface area contributed by atoms with E-state index in [1.807, 2.05) is 0 Å². The van der Waals surface area contributed by atoms with Crippen LogP contribution in [0.3, 0.4) is 0 Å². The highest BCUT2D eigenvalue weighted by Crippen LogP contribution is 2.13. The van der Waals surface area contributed by atoms with Crippen molar-refractivity contribution in [2.45, 2.75) is 128 Å². The third kappa shape index (κ3) is 16.5. The maximum atomic E-state index is 10.4. The normalized spacial score (nSPS) is 15.8. The van der Waals surface area contributed by atoms with Gasteiger partial charge >= 0.3 is 0 Å². The van der Waals surface area contributed by atoms with Crippen LogP contribution in [0.1, 0.15) is 104 Å². The number of unbranched alkanes of at least 4 members (excludes halogenated alkanes) is 12. The number of rotatable bonds is 23. The van der Waals surface area contributed by atoms with Crippen molar-refractivity contribution in [3.8, 4) is 0 Å². The molecule has 0 heterocycles. The van der Waals surface area contributed by atoms with E-state index in [4.69, 9.17) is 14.6 Å². The van der Waals surface area contributed by atoms with Crippen LogP contribution < -0.4 is 0 Å². The highest BCUT2D eigenvalue weighted by molar-refractivity contribution is 4.81. The predicted octanol–water partition coefficient (Wildman–Crippen LogP) is 3.96. The minimum Gasteiger partial charge on any atom is -0.394 e. The smallest absolute Gasteiger partial charge is 0.111 e. The zero-order chi connectivity index (χ0) is 22.5. The summed E-state index contributed by atoms with van der Waals surface area (Å²) in [4.78, 5) is 0. The van der Waals surface area contributed by atoms with Gasteiger partial charge in [-0.1, -0.05) is 90.9 Å². The van der Waals surface area contributed by atoms with Crippen molar-refractivity contribution in [3.63, 3.8) is 0 Å². The largest absolute Gasteiger partial charge is 0.394 e. The Bertz CT molecular complexity index is 342. The molecule has 0 fully saturated rings. The van der Waals surface area contributed by atoms with Gasteiger partial charge in [0.25, 0.3) is 0 Å². The van der Waals surface area contributed by atoms with Crippen molar-refractivity contribution in [2.24, 2.45) is 0 Å². The van der Waals surface area contributed by atoms with Crippen LogP contribution in [0.4, 0.5) is 0 Å². The van der Waals surface area contributed by atoms with Gasteiger partial charge in [-0.05, 0) is 12.8 Å². The minimum atomic E-state index is -1.46. The number of hydrogen-bond donors (Lipinski definition) is 4. The monoisotopic (exact) mass is 434 g/mol. The molecule has 0 aliphatic carbocycles. The summed E-state index contributed by atoms with van der Waals surface area (Å²) in [6.07, 6.45) is 11.7. The van der Waals surface area contributed by atoms with E-state index >= 15 is 0 Å². The van der Waals surface area contributed by atoms with Crippen molar-refractivity contribution in [2.75, 3.05) is 26.4 Å². The second-order valence-electron chi connectivity index (χ2n) is 8.46. The van der Waals surface area contributed by atoms with E-state index in [2.05, 4.69) is 13.8 Å². The van der Waals surface area contributed by atoms with Gasteiger partial charge in [0.15, 0.2) is 0 Å². The fourth-order valence-corrected chi connectivity index (χ4v) is 3.46. The van der Waals surface area contributed by atoms with Crippen LogP contribution in [0.25, 0.3) is 0 Å². The van der Waals surface area contributed by atoms with Crippen LogP contribution >= 0.6 is 0 Å². The molecule has 0 bridgehead atoms. The van der Waals surface area contributed by atoms with Gasteiger partial charge in [-0.3, -0.25) is 0 Å². The van der Waals surface area contributed by atoms with Crippen molar-refractivity contribution in [1.82, 2.24) is 0 Å². The molecule has 0 aromatic heterocycles. The van der Waals surface area contributed by atoms with Crippen LogP contribution in [-0.4, -0.2) is 71.3 Å². The van der Waals surface area contributed by atoms with Crippen LogP contribution in [0.5, 0.6) is 0 Å². The molecule has 6 heteroatoms. The number of ether oxygens (including phenoxy) is 2. The van der Waals surface area contributed by atoms with Gasteiger partial charge in [0.05, 0.1) is 13.2 Å². The Kier molecular flexibility index (Phi) is 21.8. The average molecular weight is 435 g/mol. The van der Waals surface area contributed by atoms with Crippen molar-refractivity contribution < 1.29 is 29.9 Å². The zero-order valence-electron chi connectivity index (χ0n) is 19.6. The lowest BCUT2D eigenvalue weighted by atomic mass is 10.0. The maximum absolute atomic E-state index is 10.4. The van der Waals surface area contributed by atoms with E-state index in [0.29, 0.717) is 13.2 Å². The predicted molar refractivity (Wildman–Crippen MR) is 122 cm³/mol. The van der Waals surface area contributed by atoms with Crippen LogP contribution in [0.15, 0.2) is 0 Å². The Morgan fingerprint density at radius 2 is 1.07 bits per heavy atom. The van der Waals surface area contributed by atoms with Gasteiger partial charge in [0, 0.05) is 13.2 Å². The fraction of sp³-hybridized carbons (Fsp3) is 1.00. The highest BCUT2D eigenvalue weighted by Gasteiger charge is 2.31. The third-order valence-corrected chi connectivity index (χ3v) is 5.57. The first-order valence-electron chi connectivity index (χ1n) is 12.4. The number of aliphatic hydroxyl groups is 4. The topological polar surface area (TPSA) is 99.4 Å². The molecule has 0 saturated carbocycles. The summed E-state index contributed by atoms with van der Waals surface area (Å²) in [5.74, 6) is 0. The van der Waals surface area contributed by atoms with Crippen molar-refractivity contribution in [3.05, 3.63) is 0 Å². The second-order valence-corrected chi connectivity index (χ2v) is 8.46. The Hall–Kier alpha value is -0.240. The number of aliphatic hydroxyl groups excluding tert-OH is 4. The summed E-state index contributed by atoms with van der Waals surface area (Å²) in [5, 5.41) is 39.1. The second kappa shape index (κ2) is 22.0. The molecule has 0 saturated heterocycles. The molecule has 0 rings (SSSR count). The Morgan fingerprint density at radius 3 is 1.57 bits per heavy atom. The Balaban J connectivity index is 4.13. The summed E-state index contributed by atoms with van der Waals surface area (Å²) >= 11 is 0. The maximum Gasteiger partial charge on any atom is 0.111 e. The molecule has 182 valence electrons. The lowest BCUT2D eigenvalue weighted by Crippen LogP contribution is -2.48. The minimum absolute atomic E-state index is 0.169. The molecule has 0 aromatic carbocycles. The van der Waals surface area contributed by atoms with E-state index in [1.165, 1.54) is 64.2 Å². The van der Waals surface area contributed by atoms with Gasteiger partial charge in [0.2, 0.25) is 0 Å². The van der Waals surface area contributed by atoms with Gasteiger partial charge in [-0.25, -0.2) is 0 Å². The SMILES string of the molecule is CCCCCCCCCOC[C@@H](OCCCCCCCCC)[C@@H](O)[C@H](O)[C@@H](O)CO. The van der Waals surface area contributed by atoms with E-state index in [9.17, 15) is 15.3 Å². The highest BCUT2D eigenvalue weighted by atomic mass is 16.5.